The molecule has 0 fully saturated rings. The van der Waals surface area contributed by atoms with Gasteiger partial charge in [0.2, 0.25) is 0 Å². The SMILES string of the molecule is c1ccc(-c2ccc(N(c3ccccc3-c3ccc4oc5c6ccccc6ccc5c4c3)c3cccc4c3-c3ccccc3C4(c3ccccc3)c3ccccc3)cc2)cc1. The van der Waals surface area contributed by atoms with Crippen molar-refractivity contribution in [1.29, 1.82) is 0 Å². The van der Waals surface area contributed by atoms with Crippen molar-refractivity contribution in [3.05, 3.63) is 259 Å². The minimum atomic E-state index is -0.523. The first kappa shape index (κ1) is 35.0. The summed E-state index contributed by atoms with van der Waals surface area (Å²) in [4.78, 5) is 2.48. The summed E-state index contributed by atoms with van der Waals surface area (Å²) < 4.78 is 6.59. The third-order valence-electron chi connectivity index (χ3n) is 12.8. The van der Waals surface area contributed by atoms with Crippen molar-refractivity contribution in [3.8, 4) is 33.4 Å². The second-order valence-corrected chi connectivity index (χ2v) is 16.0. The van der Waals surface area contributed by atoms with Crippen LogP contribution in [0.1, 0.15) is 22.3 Å². The Hall–Kier alpha value is -7.94. The lowest BCUT2D eigenvalue weighted by Gasteiger charge is -2.34. The van der Waals surface area contributed by atoms with Crippen molar-refractivity contribution >= 4 is 49.8 Å². The predicted octanol–water partition coefficient (Wildman–Crippen LogP) is 15.9. The molecule has 0 saturated carbocycles. The Kier molecular flexibility index (Phi) is 8.11. The Bertz CT molecular complexity index is 3360. The first-order valence-corrected chi connectivity index (χ1v) is 21.0. The Balaban J connectivity index is 1.12. The lowest BCUT2D eigenvalue weighted by atomic mass is 9.68. The van der Waals surface area contributed by atoms with Crippen molar-refractivity contribution in [2.45, 2.75) is 5.41 Å². The van der Waals surface area contributed by atoms with Gasteiger partial charge < -0.3 is 9.32 Å². The minimum absolute atomic E-state index is 0.523. The molecule has 0 spiro atoms. The average molecular weight is 778 g/mol. The van der Waals surface area contributed by atoms with Crippen LogP contribution in [0, 0.1) is 0 Å². The molecule has 0 N–H and O–H groups in total. The summed E-state index contributed by atoms with van der Waals surface area (Å²) >= 11 is 0. The van der Waals surface area contributed by atoms with Crippen LogP contribution in [0.4, 0.5) is 17.1 Å². The molecule has 1 aliphatic rings. The maximum Gasteiger partial charge on any atom is 0.143 e. The zero-order valence-corrected chi connectivity index (χ0v) is 33.4. The third kappa shape index (κ3) is 5.43. The summed E-state index contributed by atoms with van der Waals surface area (Å²) in [7, 11) is 0. The van der Waals surface area contributed by atoms with Crippen LogP contribution in [0.25, 0.3) is 66.1 Å². The molecule has 61 heavy (non-hydrogen) atoms. The van der Waals surface area contributed by atoms with E-state index in [0.717, 1.165) is 55.5 Å². The number of nitrogens with zero attached hydrogens (tertiary/aromatic N) is 1. The highest BCUT2D eigenvalue weighted by atomic mass is 16.3. The summed E-state index contributed by atoms with van der Waals surface area (Å²) in [6.45, 7) is 0. The Morgan fingerprint density at radius 1 is 0.361 bits per heavy atom. The van der Waals surface area contributed by atoms with E-state index in [0.29, 0.717) is 0 Å². The van der Waals surface area contributed by atoms with E-state index in [4.69, 9.17) is 4.42 Å². The number of anilines is 3. The fourth-order valence-corrected chi connectivity index (χ4v) is 10.1. The molecule has 1 heterocycles. The molecule has 0 unspecified atom stereocenters. The van der Waals surface area contributed by atoms with Gasteiger partial charge in [0, 0.05) is 33.0 Å². The molecule has 0 amide bonds. The third-order valence-corrected chi connectivity index (χ3v) is 12.8. The van der Waals surface area contributed by atoms with Crippen LogP contribution >= 0.6 is 0 Å². The maximum atomic E-state index is 6.59. The summed E-state index contributed by atoms with van der Waals surface area (Å²) in [6, 6.07) is 86.1. The normalized spacial score (nSPS) is 12.7. The van der Waals surface area contributed by atoms with E-state index in [9.17, 15) is 0 Å². The molecule has 0 bridgehead atoms. The fourth-order valence-electron chi connectivity index (χ4n) is 10.1. The zero-order chi connectivity index (χ0) is 40.3. The van der Waals surface area contributed by atoms with Gasteiger partial charge in [0.25, 0.3) is 0 Å². The Labute approximate surface area is 355 Å². The average Bonchev–Trinajstić information content (AvgIpc) is 3.87. The van der Waals surface area contributed by atoms with E-state index in [1.807, 2.05) is 0 Å². The maximum absolute atomic E-state index is 6.59. The zero-order valence-electron chi connectivity index (χ0n) is 33.4. The molecule has 0 saturated heterocycles. The molecule has 1 aliphatic carbocycles. The van der Waals surface area contributed by atoms with Gasteiger partial charge in [-0.05, 0) is 92.4 Å². The second-order valence-electron chi connectivity index (χ2n) is 16.0. The van der Waals surface area contributed by atoms with E-state index < -0.39 is 5.41 Å². The van der Waals surface area contributed by atoms with Crippen molar-refractivity contribution < 1.29 is 4.42 Å². The van der Waals surface area contributed by atoms with Gasteiger partial charge in [-0.3, -0.25) is 0 Å². The molecule has 11 aromatic rings. The lowest BCUT2D eigenvalue weighted by molar-refractivity contribution is 0.672. The Morgan fingerprint density at radius 3 is 1.72 bits per heavy atom. The first-order valence-electron chi connectivity index (χ1n) is 21.0. The number of fused-ring (bicyclic) bond motifs is 8. The van der Waals surface area contributed by atoms with Crippen LogP contribution < -0.4 is 4.90 Å². The Morgan fingerprint density at radius 2 is 0.951 bits per heavy atom. The number of hydrogen-bond donors (Lipinski definition) is 0. The van der Waals surface area contributed by atoms with E-state index in [2.05, 4.69) is 241 Å². The van der Waals surface area contributed by atoms with Crippen LogP contribution in [0.5, 0.6) is 0 Å². The van der Waals surface area contributed by atoms with E-state index in [1.165, 1.54) is 49.9 Å². The van der Waals surface area contributed by atoms with Gasteiger partial charge in [-0.1, -0.05) is 194 Å². The highest BCUT2D eigenvalue weighted by Gasteiger charge is 2.47. The summed E-state index contributed by atoms with van der Waals surface area (Å²) in [6.07, 6.45) is 0. The highest BCUT2D eigenvalue weighted by Crippen LogP contribution is 2.60. The summed E-state index contributed by atoms with van der Waals surface area (Å²) in [5.41, 5.74) is 16.7. The number of rotatable bonds is 7. The van der Waals surface area contributed by atoms with Gasteiger partial charge in [-0.2, -0.15) is 0 Å². The van der Waals surface area contributed by atoms with Crippen molar-refractivity contribution in [2.24, 2.45) is 0 Å². The van der Waals surface area contributed by atoms with Crippen molar-refractivity contribution in [3.63, 3.8) is 0 Å². The molecule has 2 nitrogen and oxygen atoms in total. The monoisotopic (exact) mass is 777 g/mol. The summed E-state index contributed by atoms with van der Waals surface area (Å²) in [5.74, 6) is 0. The number of benzene rings is 10. The molecule has 1 aromatic heterocycles. The van der Waals surface area contributed by atoms with Crippen LogP contribution in [-0.4, -0.2) is 0 Å². The molecule has 12 rings (SSSR count). The first-order chi connectivity index (χ1) is 30.3. The number of para-hydroxylation sites is 1. The van der Waals surface area contributed by atoms with Crippen LogP contribution in [-0.2, 0) is 5.41 Å². The smallest absolute Gasteiger partial charge is 0.143 e. The van der Waals surface area contributed by atoms with Gasteiger partial charge in [0.05, 0.1) is 16.8 Å². The van der Waals surface area contributed by atoms with Gasteiger partial charge in [0.1, 0.15) is 11.2 Å². The van der Waals surface area contributed by atoms with Gasteiger partial charge in [-0.25, -0.2) is 0 Å². The van der Waals surface area contributed by atoms with Crippen LogP contribution in [0.15, 0.2) is 241 Å². The molecule has 0 radical (unpaired) electrons. The van der Waals surface area contributed by atoms with Crippen LogP contribution in [0.2, 0.25) is 0 Å². The van der Waals surface area contributed by atoms with E-state index >= 15 is 0 Å². The molecule has 2 heteroatoms. The highest BCUT2D eigenvalue weighted by molar-refractivity contribution is 6.16. The molecule has 286 valence electrons. The van der Waals surface area contributed by atoms with Crippen molar-refractivity contribution in [1.82, 2.24) is 0 Å². The molecular weight excluding hydrogens is 739 g/mol. The molecule has 0 atom stereocenters. The minimum Gasteiger partial charge on any atom is -0.455 e. The van der Waals surface area contributed by atoms with E-state index in [-0.39, 0.29) is 0 Å². The predicted molar refractivity (Wildman–Crippen MR) is 254 cm³/mol. The van der Waals surface area contributed by atoms with Crippen molar-refractivity contribution in [2.75, 3.05) is 4.90 Å². The topological polar surface area (TPSA) is 16.4 Å². The van der Waals surface area contributed by atoms with Gasteiger partial charge in [-0.15, -0.1) is 0 Å². The van der Waals surface area contributed by atoms with Gasteiger partial charge >= 0.3 is 0 Å². The van der Waals surface area contributed by atoms with Gasteiger partial charge in [0.15, 0.2) is 0 Å². The molecule has 10 aromatic carbocycles. The summed E-state index contributed by atoms with van der Waals surface area (Å²) in [5, 5.41) is 4.53. The quantitative estimate of drug-likeness (QED) is 0.160. The van der Waals surface area contributed by atoms with Crippen LogP contribution in [0.3, 0.4) is 0 Å². The second kappa shape index (κ2) is 14.1. The molecular formula is C59H39NO. The fraction of sp³-hybridized carbons (Fsp3) is 0.0169. The lowest BCUT2D eigenvalue weighted by Crippen LogP contribution is -2.28. The van der Waals surface area contributed by atoms with E-state index in [1.54, 1.807) is 0 Å². The molecule has 0 aliphatic heterocycles. The largest absolute Gasteiger partial charge is 0.455 e. The number of hydrogen-bond acceptors (Lipinski definition) is 2. The number of furan rings is 1. The standard InChI is InChI=1S/C59H39NO/c1-4-17-40(18-5-1)41-31-35-46(36-32-41)60(54-29-15-13-24-47(54)43-34-38-56-51(39-43)49-37-33-42-19-10-11-25-48(42)58(49)61-56)55-30-16-28-53-57(55)50-26-12-14-27-52(50)59(53,44-20-6-2-7-21-44)45-22-8-3-9-23-45/h1-39H.